The van der Waals surface area contributed by atoms with E-state index < -0.39 is 4.33 Å². The maximum absolute atomic E-state index is 2.45. The SMILES string of the molecule is CC1(C)c2ccc3c(c2)SC2(Sc4cc1ccc4C=[N+]2c1ccccc1)[N+](c1ccccc1)=C3. The second-order valence-electron chi connectivity index (χ2n) is 9.55. The third kappa shape index (κ3) is 2.85. The molecule has 164 valence electrons. The van der Waals surface area contributed by atoms with Crippen molar-refractivity contribution in [2.45, 2.75) is 33.4 Å². The minimum absolute atomic E-state index is 0.0572. The monoisotopic (exact) mass is 476 g/mol. The van der Waals surface area contributed by atoms with E-state index in [2.05, 4.69) is 132 Å². The molecule has 4 aromatic carbocycles. The zero-order chi connectivity index (χ0) is 22.9. The molecule has 3 aliphatic heterocycles. The summed E-state index contributed by atoms with van der Waals surface area (Å²) in [5.74, 6) is 0. The lowest BCUT2D eigenvalue weighted by atomic mass is 9.77. The predicted octanol–water partition coefficient (Wildman–Crippen LogP) is 7.38. The Labute approximate surface area is 208 Å². The van der Waals surface area contributed by atoms with E-state index >= 15 is 0 Å². The minimum atomic E-state index is -0.429. The highest BCUT2D eigenvalue weighted by molar-refractivity contribution is 8.17. The first-order chi connectivity index (χ1) is 16.5. The summed E-state index contributed by atoms with van der Waals surface area (Å²) in [4.78, 5) is 2.65. The molecule has 4 aromatic rings. The van der Waals surface area contributed by atoms with Gasteiger partial charge in [-0.25, -0.2) is 0 Å². The van der Waals surface area contributed by atoms with E-state index in [1.54, 1.807) is 0 Å². The van der Waals surface area contributed by atoms with Gasteiger partial charge in [0, 0.05) is 63.0 Å². The van der Waals surface area contributed by atoms with Crippen LogP contribution in [-0.2, 0) is 5.41 Å². The summed E-state index contributed by atoms with van der Waals surface area (Å²) in [6, 6.07) is 35.6. The first-order valence-electron chi connectivity index (χ1n) is 11.6. The summed E-state index contributed by atoms with van der Waals surface area (Å²) >= 11 is 3.89. The molecule has 0 radical (unpaired) electrons. The number of fused-ring (bicyclic) bond motifs is 2. The molecule has 4 heteroatoms. The molecule has 0 atom stereocenters. The fourth-order valence-corrected chi connectivity index (χ4v) is 8.27. The van der Waals surface area contributed by atoms with Gasteiger partial charge in [-0.15, -0.1) is 9.15 Å². The zero-order valence-corrected chi connectivity index (χ0v) is 20.7. The number of benzene rings is 4. The lowest BCUT2D eigenvalue weighted by Crippen LogP contribution is -2.47. The van der Waals surface area contributed by atoms with Crippen LogP contribution in [0.5, 0.6) is 0 Å². The van der Waals surface area contributed by atoms with Gasteiger partial charge in [-0.2, -0.15) is 0 Å². The standard InChI is InChI=1S/C30H24N2S2/c1-29(2)23-15-13-21-19-31(25-9-5-3-6-10-25)30(33-27(21)17-23)32(26-11-7-4-8-12-26)20-22-14-16-24(29)18-28(22)34-30/h3-20H,1-2H3/q+2. The van der Waals surface area contributed by atoms with Gasteiger partial charge in [-0.1, -0.05) is 62.4 Å². The smallest absolute Gasteiger partial charge is 0.114 e. The molecule has 0 saturated heterocycles. The second-order valence-corrected chi connectivity index (χ2v) is 12.2. The normalized spacial score (nSPS) is 18.3. The maximum Gasteiger partial charge on any atom is 0.470 e. The van der Waals surface area contributed by atoms with Crippen molar-refractivity contribution in [3.8, 4) is 0 Å². The quantitative estimate of drug-likeness (QED) is 0.279. The number of hydrogen-bond donors (Lipinski definition) is 0. The average Bonchev–Trinajstić information content (AvgIpc) is 2.87. The number of nitrogens with zero attached hydrogens (tertiary/aromatic N) is 2. The average molecular weight is 477 g/mol. The van der Waals surface area contributed by atoms with Crippen LogP contribution in [-0.4, -0.2) is 25.9 Å². The van der Waals surface area contributed by atoms with Crippen LogP contribution in [0.3, 0.4) is 0 Å². The van der Waals surface area contributed by atoms with E-state index in [4.69, 9.17) is 0 Å². The van der Waals surface area contributed by atoms with Crippen LogP contribution >= 0.6 is 23.5 Å². The number of hydrogen-bond acceptors (Lipinski definition) is 2. The first kappa shape index (κ1) is 20.3. The van der Waals surface area contributed by atoms with E-state index in [1.165, 1.54) is 43.4 Å². The van der Waals surface area contributed by atoms with E-state index in [0.29, 0.717) is 0 Å². The first-order valence-corrected chi connectivity index (χ1v) is 13.2. The Bertz CT molecular complexity index is 1400. The van der Waals surface area contributed by atoms with E-state index in [-0.39, 0.29) is 5.41 Å². The highest BCUT2D eigenvalue weighted by Crippen LogP contribution is 2.57. The highest BCUT2D eigenvalue weighted by Gasteiger charge is 2.61. The summed E-state index contributed by atoms with van der Waals surface area (Å²) in [5, 5.41) is 0. The van der Waals surface area contributed by atoms with Gasteiger partial charge in [0.1, 0.15) is 0 Å². The van der Waals surface area contributed by atoms with E-state index in [1.807, 2.05) is 23.5 Å². The number of thioether (sulfide) groups is 2. The summed E-state index contributed by atoms with van der Waals surface area (Å²) in [7, 11) is 0. The van der Waals surface area contributed by atoms with Gasteiger partial charge < -0.3 is 0 Å². The molecular formula is C30H24N2S2+2. The van der Waals surface area contributed by atoms with E-state index in [9.17, 15) is 0 Å². The third-order valence-electron chi connectivity index (χ3n) is 7.17. The van der Waals surface area contributed by atoms with Crippen LogP contribution in [0.15, 0.2) is 107 Å². The van der Waals surface area contributed by atoms with Crippen molar-refractivity contribution >= 4 is 47.3 Å². The lowest BCUT2D eigenvalue weighted by Gasteiger charge is -2.35. The van der Waals surface area contributed by atoms with Gasteiger partial charge in [0.25, 0.3) is 0 Å². The molecule has 0 unspecified atom stereocenters. The Morgan fingerprint density at radius 3 is 1.44 bits per heavy atom. The summed E-state index contributed by atoms with van der Waals surface area (Å²) in [5.41, 5.74) is 7.56. The van der Waals surface area contributed by atoms with Crippen molar-refractivity contribution in [2.24, 2.45) is 0 Å². The Morgan fingerprint density at radius 2 is 1.00 bits per heavy atom. The molecule has 0 fully saturated rings. The summed E-state index contributed by atoms with van der Waals surface area (Å²) in [6.07, 6.45) is 4.68. The van der Waals surface area contributed by atoms with Crippen LogP contribution in [0.1, 0.15) is 36.1 Å². The Kier molecular flexibility index (Phi) is 4.31. The fourth-order valence-electron chi connectivity index (χ4n) is 5.12. The number of para-hydroxylation sites is 2. The van der Waals surface area contributed by atoms with Crippen LogP contribution in [0.4, 0.5) is 11.4 Å². The largest absolute Gasteiger partial charge is 0.470 e. The Balaban J connectivity index is 1.62. The second kappa shape index (κ2) is 7.21. The van der Waals surface area contributed by atoms with Crippen LogP contribution in [0, 0.1) is 0 Å². The van der Waals surface area contributed by atoms with Gasteiger partial charge in [-0.3, -0.25) is 0 Å². The minimum Gasteiger partial charge on any atom is -0.114 e. The molecule has 3 aliphatic rings. The molecule has 0 aromatic heterocycles. The van der Waals surface area contributed by atoms with Crippen LogP contribution in [0.2, 0.25) is 0 Å². The summed E-state index contributed by atoms with van der Waals surface area (Å²) < 4.78 is 4.48. The van der Waals surface area contributed by atoms with Crippen molar-refractivity contribution in [1.29, 1.82) is 0 Å². The molecule has 3 heterocycles. The molecule has 2 nitrogen and oxygen atoms in total. The topological polar surface area (TPSA) is 6.02 Å². The van der Waals surface area contributed by atoms with Crippen molar-refractivity contribution in [1.82, 2.24) is 0 Å². The molecule has 34 heavy (non-hydrogen) atoms. The van der Waals surface area contributed by atoms with Crippen molar-refractivity contribution in [3.05, 3.63) is 119 Å². The van der Waals surface area contributed by atoms with Gasteiger partial charge in [0.05, 0.1) is 11.1 Å². The maximum atomic E-state index is 2.45. The molecular weight excluding hydrogens is 452 g/mol. The molecule has 1 spiro atoms. The molecule has 0 aliphatic carbocycles. The predicted molar refractivity (Wildman–Crippen MR) is 143 cm³/mol. The lowest BCUT2D eigenvalue weighted by molar-refractivity contribution is -0.690. The molecule has 0 saturated carbocycles. The third-order valence-corrected chi connectivity index (χ3v) is 10.1. The van der Waals surface area contributed by atoms with E-state index in [0.717, 1.165) is 0 Å². The van der Waals surface area contributed by atoms with Crippen LogP contribution in [0.25, 0.3) is 0 Å². The van der Waals surface area contributed by atoms with Gasteiger partial charge in [0.2, 0.25) is 11.4 Å². The van der Waals surface area contributed by atoms with Crippen molar-refractivity contribution < 1.29 is 9.15 Å². The summed E-state index contributed by atoms with van der Waals surface area (Å²) in [6.45, 7) is 4.68. The van der Waals surface area contributed by atoms with Crippen molar-refractivity contribution in [2.75, 3.05) is 0 Å². The van der Waals surface area contributed by atoms with Crippen molar-refractivity contribution in [3.63, 3.8) is 0 Å². The zero-order valence-electron chi connectivity index (χ0n) is 19.1. The van der Waals surface area contributed by atoms with Crippen LogP contribution < -0.4 is 0 Å². The van der Waals surface area contributed by atoms with Gasteiger partial charge >= 0.3 is 4.33 Å². The van der Waals surface area contributed by atoms with Gasteiger partial charge in [0.15, 0.2) is 12.4 Å². The molecule has 5 bridgehead atoms. The molecule has 7 rings (SSSR count). The van der Waals surface area contributed by atoms with Gasteiger partial charge in [-0.05, 0) is 35.4 Å². The number of rotatable bonds is 2. The Hall–Kier alpha value is -3.08. The fraction of sp³-hybridized carbons (Fsp3) is 0.133. The molecule has 0 N–H and O–H groups in total. The Morgan fingerprint density at radius 1 is 0.559 bits per heavy atom. The molecule has 0 amide bonds. The highest BCUT2D eigenvalue weighted by atomic mass is 32.2.